The van der Waals surface area contributed by atoms with Crippen LogP contribution in [0.15, 0.2) is 48.5 Å². The van der Waals surface area contributed by atoms with Gasteiger partial charge in [-0.25, -0.2) is 4.39 Å². The minimum absolute atomic E-state index is 0.0144. The molecule has 30 heavy (non-hydrogen) atoms. The molecule has 1 amide bonds. The molecule has 0 radical (unpaired) electrons. The average molecular weight is 413 g/mol. The normalized spacial score (nSPS) is 15.3. The third-order valence-corrected chi connectivity index (χ3v) is 6.18. The van der Waals surface area contributed by atoms with Gasteiger partial charge in [-0.1, -0.05) is 38.8 Å². The van der Waals surface area contributed by atoms with Gasteiger partial charge in [0, 0.05) is 12.2 Å². The van der Waals surface area contributed by atoms with Crippen molar-refractivity contribution in [3.05, 3.63) is 59.9 Å². The number of carbonyl (C=O) groups excluding carboxylic acids is 1. The van der Waals surface area contributed by atoms with E-state index >= 15 is 0 Å². The first-order valence-corrected chi connectivity index (χ1v) is 11.1. The number of nitrogens with one attached hydrogen (secondary N) is 1. The highest BCUT2D eigenvalue weighted by Gasteiger charge is 2.42. The number of anilines is 1. The van der Waals surface area contributed by atoms with Crippen molar-refractivity contribution in [1.29, 1.82) is 0 Å². The van der Waals surface area contributed by atoms with Gasteiger partial charge in [0.15, 0.2) is 0 Å². The number of rotatable bonds is 10. The molecule has 1 fully saturated rings. The Balaban J connectivity index is 1.57. The number of carbonyl (C=O) groups is 1. The van der Waals surface area contributed by atoms with E-state index in [9.17, 15) is 9.18 Å². The predicted octanol–water partition coefficient (Wildman–Crippen LogP) is 5.39. The van der Waals surface area contributed by atoms with Crippen LogP contribution in [0.5, 0.6) is 5.75 Å². The minimum atomic E-state index is -0.576. The first-order chi connectivity index (χ1) is 14.6. The van der Waals surface area contributed by atoms with Gasteiger partial charge in [0.2, 0.25) is 5.91 Å². The molecule has 4 nitrogen and oxygen atoms in total. The molecule has 1 aliphatic rings. The maximum atomic E-state index is 13.4. The molecule has 0 aromatic heterocycles. The molecule has 0 heterocycles. The van der Waals surface area contributed by atoms with Gasteiger partial charge in [-0.05, 0) is 74.3 Å². The van der Waals surface area contributed by atoms with Gasteiger partial charge in [0.25, 0.3) is 0 Å². The van der Waals surface area contributed by atoms with Crippen LogP contribution in [-0.4, -0.2) is 37.0 Å². The van der Waals surface area contributed by atoms with Crippen molar-refractivity contribution in [1.82, 2.24) is 4.90 Å². The van der Waals surface area contributed by atoms with Crippen LogP contribution >= 0.6 is 0 Å². The zero-order chi connectivity index (χ0) is 21.4. The Bertz CT molecular complexity index is 795. The highest BCUT2D eigenvalue weighted by molar-refractivity contribution is 5.99. The van der Waals surface area contributed by atoms with Crippen LogP contribution in [0.25, 0.3) is 0 Å². The van der Waals surface area contributed by atoms with Crippen LogP contribution in [0.3, 0.4) is 0 Å². The lowest BCUT2D eigenvalue weighted by Gasteiger charge is -2.28. The molecular weight excluding hydrogens is 379 g/mol. The Labute approximate surface area is 179 Å². The lowest BCUT2D eigenvalue weighted by molar-refractivity contribution is -0.121. The second-order valence-corrected chi connectivity index (χ2v) is 8.00. The molecule has 0 aliphatic heterocycles. The topological polar surface area (TPSA) is 41.6 Å². The zero-order valence-electron chi connectivity index (χ0n) is 18.1. The van der Waals surface area contributed by atoms with E-state index in [2.05, 4.69) is 24.1 Å². The van der Waals surface area contributed by atoms with Crippen molar-refractivity contribution in [2.45, 2.75) is 51.4 Å². The van der Waals surface area contributed by atoms with Gasteiger partial charge in [-0.15, -0.1) is 0 Å². The summed E-state index contributed by atoms with van der Waals surface area (Å²) in [6, 6.07) is 13.9. The van der Waals surface area contributed by atoms with Crippen molar-refractivity contribution in [2.24, 2.45) is 0 Å². The van der Waals surface area contributed by atoms with Gasteiger partial charge in [-0.3, -0.25) is 4.79 Å². The van der Waals surface area contributed by atoms with E-state index < -0.39 is 5.41 Å². The second kappa shape index (κ2) is 10.6. The van der Waals surface area contributed by atoms with Gasteiger partial charge >= 0.3 is 0 Å². The fourth-order valence-corrected chi connectivity index (χ4v) is 4.30. The summed E-state index contributed by atoms with van der Waals surface area (Å²) < 4.78 is 19.2. The number of hydrogen-bond acceptors (Lipinski definition) is 3. The molecule has 0 bridgehead atoms. The summed E-state index contributed by atoms with van der Waals surface area (Å²) in [6.45, 7) is 8.17. The van der Waals surface area contributed by atoms with E-state index in [4.69, 9.17) is 4.74 Å². The van der Waals surface area contributed by atoms with Gasteiger partial charge < -0.3 is 15.0 Å². The predicted molar refractivity (Wildman–Crippen MR) is 120 cm³/mol. The molecule has 1 saturated carbocycles. The number of hydrogen-bond donors (Lipinski definition) is 1. The zero-order valence-corrected chi connectivity index (χ0v) is 18.1. The number of ether oxygens (including phenoxy) is 1. The number of nitrogens with zero attached hydrogens (tertiary/aromatic N) is 1. The molecule has 5 heteroatoms. The van der Waals surface area contributed by atoms with Gasteiger partial charge in [0.1, 0.15) is 11.6 Å². The largest absolute Gasteiger partial charge is 0.494 e. The van der Waals surface area contributed by atoms with Crippen LogP contribution in [0.2, 0.25) is 0 Å². The Hall–Kier alpha value is -2.40. The van der Waals surface area contributed by atoms with E-state index in [1.807, 2.05) is 24.3 Å². The fraction of sp³-hybridized carbons (Fsp3) is 0.480. The second-order valence-electron chi connectivity index (χ2n) is 8.00. The minimum Gasteiger partial charge on any atom is -0.494 e. The summed E-state index contributed by atoms with van der Waals surface area (Å²) in [4.78, 5) is 15.6. The van der Waals surface area contributed by atoms with Crippen molar-refractivity contribution in [3.8, 4) is 5.75 Å². The van der Waals surface area contributed by atoms with Crippen molar-refractivity contribution in [3.63, 3.8) is 0 Å². The monoisotopic (exact) mass is 412 g/mol. The lowest BCUT2D eigenvalue weighted by atomic mass is 9.78. The third-order valence-electron chi connectivity index (χ3n) is 6.18. The first-order valence-electron chi connectivity index (χ1n) is 11.1. The van der Waals surface area contributed by atoms with Crippen LogP contribution in [0.4, 0.5) is 10.1 Å². The Morgan fingerprint density at radius 2 is 1.67 bits per heavy atom. The van der Waals surface area contributed by atoms with E-state index in [1.165, 1.54) is 12.1 Å². The third kappa shape index (κ3) is 5.39. The van der Waals surface area contributed by atoms with Crippen molar-refractivity contribution >= 4 is 11.6 Å². The van der Waals surface area contributed by atoms with Crippen LogP contribution in [0, 0.1) is 5.82 Å². The van der Waals surface area contributed by atoms with Gasteiger partial charge in [0.05, 0.1) is 12.0 Å². The molecule has 0 saturated heterocycles. The Morgan fingerprint density at radius 1 is 1.03 bits per heavy atom. The lowest BCUT2D eigenvalue weighted by Crippen LogP contribution is -2.38. The van der Waals surface area contributed by atoms with Gasteiger partial charge in [-0.2, -0.15) is 0 Å². The molecule has 162 valence electrons. The summed E-state index contributed by atoms with van der Waals surface area (Å²) in [7, 11) is 0. The number of halogens is 1. The summed E-state index contributed by atoms with van der Waals surface area (Å²) in [5.74, 6) is 0.515. The van der Waals surface area contributed by atoms with E-state index in [0.717, 1.165) is 68.7 Å². The quantitative estimate of drug-likeness (QED) is 0.532. The molecule has 0 spiro atoms. The molecule has 0 atom stereocenters. The van der Waals surface area contributed by atoms with Crippen molar-refractivity contribution in [2.75, 3.05) is 31.6 Å². The number of amides is 1. The molecule has 1 N–H and O–H groups in total. The molecule has 1 aliphatic carbocycles. The molecular formula is C25H33FN2O2. The standard InChI is InChI=1S/C25H33FN2O2/c1-3-28(4-2)18-7-19-30-23-14-12-22(13-15-23)27-24(29)25(16-5-6-17-25)20-8-10-21(26)11-9-20/h8-15H,3-7,16-19H2,1-2H3,(H,27,29). The molecule has 0 unspecified atom stereocenters. The molecule has 2 aromatic rings. The highest BCUT2D eigenvalue weighted by atomic mass is 19.1. The van der Waals surface area contributed by atoms with E-state index in [-0.39, 0.29) is 11.7 Å². The van der Waals surface area contributed by atoms with E-state index in [1.54, 1.807) is 12.1 Å². The first kappa shape index (κ1) is 22.3. The average Bonchev–Trinajstić information content (AvgIpc) is 3.27. The summed E-state index contributed by atoms with van der Waals surface area (Å²) in [5, 5.41) is 3.07. The smallest absolute Gasteiger partial charge is 0.235 e. The Morgan fingerprint density at radius 3 is 2.27 bits per heavy atom. The molecule has 3 rings (SSSR count). The summed E-state index contributed by atoms with van der Waals surface area (Å²) in [5.41, 5.74) is 1.07. The highest BCUT2D eigenvalue weighted by Crippen LogP contribution is 2.42. The summed E-state index contributed by atoms with van der Waals surface area (Å²) in [6.07, 6.45) is 4.58. The van der Waals surface area contributed by atoms with Crippen LogP contribution in [-0.2, 0) is 10.2 Å². The summed E-state index contributed by atoms with van der Waals surface area (Å²) >= 11 is 0. The van der Waals surface area contributed by atoms with Crippen LogP contribution < -0.4 is 10.1 Å². The maximum absolute atomic E-state index is 13.4. The molecule has 2 aromatic carbocycles. The Kier molecular flexibility index (Phi) is 7.86. The maximum Gasteiger partial charge on any atom is 0.235 e. The SMILES string of the molecule is CCN(CC)CCCOc1ccc(NC(=O)C2(c3ccc(F)cc3)CCCC2)cc1. The van der Waals surface area contributed by atoms with E-state index in [0.29, 0.717) is 6.61 Å². The number of benzene rings is 2. The van der Waals surface area contributed by atoms with Crippen molar-refractivity contribution < 1.29 is 13.9 Å². The fourth-order valence-electron chi connectivity index (χ4n) is 4.30. The van der Waals surface area contributed by atoms with Crippen LogP contribution in [0.1, 0.15) is 51.5 Å².